The quantitative estimate of drug-likeness (QED) is 0.643. The molecule has 1 heterocycles. The first-order chi connectivity index (χ1) is 9.99. The number of nitro benzene ring substituents is 1. The molecule has 0 aliphatic carbocycles. The molecule has 0 bridgehead atoms. The first kappa shape index (κ1) is 14.9. The molecule has 108 valence electrons. The van der Waals surface area contributed by atoms with Gasteiger partial charge in [-0.25, -0.2) is 0 Å². The number of carbonyl (C=O) groups excluding carboxylic acids is 1. The lowest BCUT2D eigenvalue weighted by atomic mass is 10.1. The Balaban J connectivity index is 2.20. The molecule has 6 nitrogen and oxygen atoms in total. The van der Waals surface area contributed by atoms with Crippen LogP contribution in [0.5, 0.6) is 0 Å². The zero-order valence-electron chi connectivity index (χ0n) is 11.2. The molecule has 2 rings (SSSR count). The number of carbonyl (C=O) groups is 1. The molecule has 0 fully saturated rings. The lowest BCUT2D eigenvalue weighted by Gasteiger charge is -2.16. The number of nitro groups is 1. The number of nitrogens with zero attached hydrogens (tertiary/aromatic N) is 3. The molecule has 7 heteroatoms. The molecule has 1 aromatic heterocycles. The number of hydrogen-bond donors (Lipinski definition) is 0. The predicted molar refractivity (Wildman–Crippen MR) is 78.1 cm³/mol. The van der Waals surface area contributed by atoms with E-state index in [9.17, 15) is 14.9 Å². The van der Waals surface area contributed by atoms with Crippen molar-refractivity contribution in [1.82, 2.24) is 9.88 Å². The SMILES string of the molecule is CN(Cc1ccccn1)C(=O)c1ccc(Cl)c([N+](=O)[O-])c1. The largest absolute Gasteiger partial charge is 0.336 e. The van der Waals surface area contributed by atoms with E-state index in [1.54, 1.807) is 25.4 Å². The van der Waals surface area contributed by atoms with E-state index in [1.165, 1.54) is 23.1 Å². The summed E-state index contributed by atoms with van der Waals surface area (Å²) in [5.41, 5.74) is 0.662. The van der Waals surface area contributed by atoms with Crippen LogP contribution in [0.25, 0.3) is 0 Å². The smallest absolute Gasteiger partial charge is 0.288 e. The van der Waals surface area contributed by atoms with Crippen molar-refractivity contribution >= 4 is 23.2 Å². The lowest BCUT2D eigenvalue weighted by molar-refractivity contribution is -0.384. The molecule has 0 radical (unpaired) electrons. The summed E-state index contributed by atoms with van der Waals surface area (Å²) in [5, 5.41) is 10.8. The average molecular weight is 306 g/mol. The Labute approximate surface area is 126 Å². The number of amides is 1. The Kier molecular flexibility index (Phi) is 4.49. The Hall–Kier alpha value is -2.47. The molecule has 1 amide bonds. The number of aromatic nitrogens is 1. The molecule has 0 aliphatic rings. The van der Waals surface area contributed by atoms with Gasteiger partial charge in [0, 0.05) is 24.9 Å². The van der Waals surface area contributed by atoms with E-state index in [2.05, 4.69) is 4.98 Å². The van der Waals surface area contributed by atoms with Crippen LogP contribution in [0.1, 0.15) is 16.1 Å². The second-order valence-electron chi connectivity index (χ2n) is 4.41. The predicted octanol–water partition coefficient (Wildman–Crippen LogP) is 2.92. The van der Waals surface area contributed by atoms with Crippen molar-refractivity contribution < 1.29 is 9.72 Å². The second kappa shape index (κ2) is 6.32. The van der Waals surface area contributed by atoms with Crippen molar-refractivity contribution in [3.05, 3.63) is 69.0 Å². The van der Waals surface area contributed by atoms with Crippen molar-refractivity contribution in [2.75, 3.05) is 7.05 Å². The Morgan fingerprint density at radius 2 is 2.14 bits per heavy atom. The van der Waals surface area contributed by atoms with Gasteiger partial charge in [0.15, 0.2) is 0 Å². The standard InChI is InChI=1S/C14H12ClN3O3/c1-17(9-11-4-2-3-7-16-11)14(19)10-5-6-12(15)13(8-10)18(20)21/h2-8H,9H2,1H3. The molecular formula is C14H12ClN3O3. The maximum absolute atomic E-state index is 12.3. The van der Waals surface area contributed by atoms with E-state index < -0.39 is 4.92 Å². The molecule has 2 aromatic rings. The minimum absolute atomic E-state index is 0.00364. The third-order valence-electron chi connectivity index (χ3n) is 2.86. The first-order valence-electron chi connectivity index (χ1n) is 6.08. The van der Waals surface area contributed by atoms with Crippen LogP contribution in [-0.2, 0) is 6.54 Å². The van der Waals surface area contributed by atoms with Gasteiger partial charge in [-0.3, -0.25) is 19.9 Å². The normalized spacial score (nSPS) is 10.2. The highest BCUT2D eigenvalue weighted by molar-refractivity contribution is 6.32. The van der Waals surface area contributed by atoms with Gasteiger partial charge >= 0.3 is 0 Å². The van der Waals surface area contributed by atoms with Crippen molar-refractivity contribution in [3.63, 3.8) is 0 Å². The van der Waals surface area contributed by atoms with E-state index in [4.69, 9.17) is 11.6 Å². The Morgan fingerprint density at radius 3 is 2.76 bits per heavy atom. The van der Waals surface area contributed by atoms with Crippen LogP contribution >= 0.6 is 11.6 Å². The lowest BCUT2D eigenvalue weighted by Crippen LogP contribution is -2.26. The van der Waals surface area contributed by atoms with Crippen molar-refractivity contribution in [2.45, 2.75) is 6.54 Å². The molecule has 1 aromatic carbocycles. The summed E-state index contributed by atoms with van der Waals surface area (Å²) in [6, 6.07) is 9.41. The maximum Gasteiger partial charge on any atom is 0.288 e. The summed E-state index contributed by atoms with van der Waals surface area (Å²) in [4.78, 5) is 28.1. The van der Waals surface area contributed by atoms with E-state index in [0.29, 0.717) is 6.54 Å². The zero-order valence-corrected chi connectivity index (χ0v) is 11.9. The van der Waals surface area contributed by atoms with Gasteiger partial charge in [-0.1, -0.05) is 17.7 Å². The summed E-state index contributed by atoms with van der Waals surface area (Å²) in [6.45, 7) is 0.316. The fourth-order valence-electron chi connectivity index (χ4n) is 1.81. The number of hydrogen-bond acceptors (Lipinski definition) is 4. The first-order valence-corrected chi connectivity index (χ1v) is 6.46. The monoisotopic (exact) mass is 305 g/mol. The van der Waals surface area contributed by atoms with Gasteiger partial charge in [0.2, 0.25) is 0 Å². The fraction of sp³-hybridized carbons (Fsp3) is 0.143. The Morgan fingerprint density at radius 1 is 1.38 bits per heavy atom. The van der Waals surface area contributed by atoms with Gasteiger partial charge in [-0.2, -0.15) is 0 Å². The topological polar surface area (TPSA) is 76.3 Å². The number of benzene rings is 1. The third kappa shape index (κ3) is 3.55. The molecule has 0 unspecified atom stereocenters. The van der Waals surface area contributed by atoms with Crippen LogP contribution in [0.4, 0.5) is 5.69 Å². The molecule has 21 heavy (non-hydrogen) atoms. The molecular weight excluding hydrogens is 294 g/mol. The third-order valence-corrected chi connectivity index (χ3v) is 3.18. The molecule has 0 N–H and O–H groups in total. The average Bonchev–Trinajstić information content (AvgIpc) is 2.47. The van der Waals surface area contributed by atoms with Gasteiger partial charge in [-0.05, 0) is 24.3 Å². The van der Waals surface area contributed by atoms with Crippen molar-refractivity contribution in [2.24, 2.45) is 0 Å². The van der Waals surface area contributed by atoms with Crippen molar-refractivity contribution in [3.8, 4) is 0 Å². The van der Waals surface area contributed by atoms with Crippen LogP contribution in [0, 0.1) is 10.1 Å². The number of pyridine rings is 1. The van der Waals surface area contributed by atoms with Gasteiger partial charge in [0.25, 0.3) is 11.6 Å². The van der Waals surface area contributed by atoms with E-state index in [1.807, 2.05) is 6.07 Å². The fourth-order valence-corrected chi connectivity index (χ4v) is 2.00. The van der Waals surface area contributed by atoms with E-state index in [0.717, 1.165) is 5.69 Å². The van der Waals surface area contributed by atoms with Gasteiger partial charge in [-0.15, -0.1) is 0 Å². The van der Waals surface area contributed by atoms with E-state index >= 15 is 0 Å². The number of halogens is 1. The molecule has 0 saturated carbocycles. The zero-order chi connectivity index (χ0) is 15.4. The number of rotatable bonds is 4. The van der Waals surface area contributed by atoms with Crippen LogP contribution in [0.15, 0.2) is 42.6 Å². The highest BCUT2D eigenvalue weighted by Crippen LogP contribution is 2.25. The summed E-state index contributed by atoms with van der Waals surface area (Å²) in [6.07, 6.45) is 1.64. The van der Waals surface area contributed by atoms with Gasteiger partial charge < -0.3 is 4.90 Å². The van der Waals surface area contributed by atoms with Crippen molar-refractivity contribution in [1.29, 1.82) is 0 Å². The molecule has 0 aliphatic heterocycles. The van der Waals surface area contributed by atoms with Crippen LogP contribution < -0.4 is 0 Å². The molecule has 0 atom stereocenters. The summed E-state index contributed by atoms with van der Waals surface area (Å²) in [7, 11) is 1.61. The summed E-state index contributed by atoms with van der Waals surface area (Å²) in [5.74, 6) is -0.333. The van der Waals surface area contributed by atoms with E-state index in [-0.39, 0.29) is 22.2 Å². The molecule has 0 saturated heterocycles. The minimum Gasteiger partial charge on any atom is -0.336 e. The second-order valence-corrected chi connectivity index (χ2v) is 4.81. The summed E-state index contributed by atoms with van der Waals surface area (Å²) < 4.78 is 0. The van der Waals surface area contributed by atoms with Crippen LogP contribution in [0.3, 0.4) is 0 Å². The highest BCUT2D eigenvalue weighted by atomic mass is 35.5. The molecule has 0 spiro atoms. The Bertz CT molecular complexity index is 676. The minimum atomic E-state index is -0.613. The summed E-state index contributed by atoms with van der Waals surface area (Å²) >= 11 is 5.73. The van der Waals surface area contributed by atoms with Crippen LogP contribution in [-0.4, -0.2) is 27.8 Å². The maximum atomic E-state index is 12.3. The van der Waals surface area contributed by atoms with Gasteiger partial charge in [0.05, 0.1) is 17.2 Å². The highest BCUT2D eigenvalue weighted by Gasteiger charge is 2.18. The van der Waals surface area contributed by atoms with Gasteiger partial charge in [0.1, 0.15) is 5.02 Å². The van der Waals surface area contributed by atoms with Crippen LogP contribution in [0.2, 0.25) is 5.02 Å².